The summed E-state index contributed by atoms with van der Waals surface area (Å²) in [5.41, 5.74) is 0. The quantitative estimate of drug-likeness (QED) is 0.594. The van der Waals surface area contributed by atoms with E-state index in [0.29, 0.717) is 32.2 Å². The molecule has 4 atom stereocenters. The van der Waals surface area contributed by atoms with Crippen molar-refractivity contribution in [2.24, 2.45) is 11.8 Å². The number of hydrogen-bond donors (Lipinski definition) is 4. The van der Waals surface area contributed by atoms with Gasteiger partial charge < -0.3 is 20.4 Å². The highest BCUT2D eigenvalue weighted by Gasteiger charge is 2.42. The van der Waals surface area contributed by atoms with Gasteiger partial charge in [-0.05, 0) is 38.5 Å². The van der Waals surface area contributed by atoms with E-state index in [4.69, 9.17) is 0 Å². The SMILES string of the molecule is CC(F)(F)C1CCC(CN2CC(O)[C@@H](O)[C@H](O)[C@@H]2CO)CC1. The van der Waals surface area contributed by atoms with E-state index in [9.17, 15) is 29.2 Å². The van der Waals surface area contributed by atoms with Gasteiger partial charge in [-0.25, -0.2) is 8.78 Å². The Kier molecular flexibility index (Phi) is 5.77. The molecule has 0 aromatic rings. The average Bonchev–Trinajstić information content (AvgIpc) is 2.45. The van der Waals surface area contributed by atoms with Crippen LogP contribution in [-0.4, -0.2) is 75.3 Å². The molecule has 0 aromatic heterocycles. The van der Waals surface area contributed by atoms with Crippen molar-refractivity contribution in [2.75, 3.05) is 19.7 Å². The molecular weight excluding hydrogens is 296 g/mol. The summed E-state index contributed by atoms with van der Waals surface area (Å²) in [6.45, 7) is 1.37. The first-order chi connectivity index (χ1) is 10.2. The molecule has 22 heavy (non-hydrogen) atoms. The number of aliphatic hydroxyl groups is 4. The van der Waals surface area contributed by atoms with Crippen LogP contribution >= 0.6 is 0 Å². The summed E-state index contributed by atoms with van der Waals surface area (Å²) >= 11 is 0. The zero-order valence-electron chi connectivity index (χ0n) is 12.9. The third kappa shape index (κ3) is 3.94. The smallest absolute Gasteiger partial charge is 0.248 e. The Labute approximate surface area is 129 Å². The minimum atomic E-state index is -2.64. The topological polar surface area (TPSA) is 84.2 Å². The second kappa shape index (κ2) is 7.05. The second-order valence-electron chi connectivity index (χ2n) is 6.93. The zero-order chi connectivity index (χ0) is 16.5. The van der Waals surface area contributed by atoms with Gasteiger partial charge in [0.15, 0.2) is 0 Å². The number of alkyl halides is 2. The molecule has 1 aliphatic carbocycles. The Balaban J connectivity index is 1.90. The highest BCUT2D eigenvalue weighted by atomic mass is 19.3. The fraction of sp³-hybridized carbons (Fsp3) is 1.00. The summed E-state index contributed by atoms with van der Waals surface area (Å²) in [4.78, 5) is 1.77. The van der Waals surface area contributed by atoms with Gasteiger partial charge in [0.2, 0.25) is 5.92 Å². The van der Waals surface area contributed by atoms with Crippen LogP contribution in [-0.2, 0) is 0 Å². The number of halogens is 2. The highest BCUT2D eigenvalue weighted by molar-refractivity contribution is 4.95. The Morgan fingerprint density at radius 3 is 2.14 bits per heavy atom. The Morgan fingerprint density at radius 1 is 1.05 bits per heavy atom. The first-order valence-corrected chi connectivity index (χ1v) is 8.01. The number of hydrogen-bond acceptors (Lipinski definition) is 5. The highest BCUT2D eigenvalue weighted by Crippen LogP contribution is 2.39. The Bertz CT molecular complexity index is 358. The van der Waals surface area contributed by atoms with Crippen molar-refractivity contribution >= 4 is 0 Å². The summed E-state index contributed by atoms with van der Waals surface area (Å²) < 4.78 is 26.6. The van der Waals surface area contributed by atoms with E-state index in [1.54, 1.807) is 4.90 Å². The minimum absolute atomic E-state index is 0.174. The number of nitrogens with zero attached hydrogens (tertiary/aromatic N) is 1. The van der Waals surface area contributed by atoms with Gasteiger partial charge in [-0.15, -0.1) is 0 Å². The molecule has 2 aliphatic rings. The summed E-state index contributed by atoms with van der Waals surface area (Å²) in [5.74, 6) is -3.00. The molecule has 0 aromatic carbocycles. The van der Waals surface area contributed by atoms with E-state index in [0.717, 1.165) is 6.92 Å². The molecule has 5 nitrogen and oxygen atoms in total. The van der Waals surface area contributed by atoms with Crippen molar-refractivity contribution in [2.45, 2.75) is 62.9 Å². The molecule has 0 spiro atoms. The lowest BCUT2D eigenvalue weighted by Gasteiger charge is -2.45. The van der Waals surface area contributed by atoms with Crippen molar-refractivity contribution in [1.82, 2.24) is 4.90 Å². The number of piperidine rings is 1. The maximum Gasteiger partial charge on any atom is 0.248 e. The summed E-state index contributed by atoms with van der Waals surface area (Å²) in [6.07, 6.45) is -1.23. The van der Waals surface area contributed by atoms with Gasteiger partial charge in [-0.2, -0.15) is 0 Å². The van der Waals surface area contributed by atoms with Crippen molar-refractivity contribution in [1.29, 1.82) is 0 Å². The standard InChI is InChI=1S/C15H27F2NO4/c1-15(16,17)10-4-2-9(3-5-10)6-18-7-12(20)14(22)13(21)11(18)8-19/h9-14,19-22H,2-8H2,1H3/t9?,10?,11-,12?,13+,14+/m0/s1. The van der Waals surface area contributed by atoms with E-state index in [2.05, 4.69) is 0 Å². The molecule has 4 N–H and O–H groups in total. The number of β-amino-alcohol motifs (C(OH)–C–C–N with tert-alkyl or cyclic N) is 1. The lowest BCUT2D eigenvalue weighted by atomic mass is 9.78. The van der Waals surface area contributed by atoms with Crippen LogP contribution < -0.4 is 0 Å². The molecule has 0 bridgehead atoms. The second-order valence-corrected chi connectivity index (χ2v) is 6.93. The molecule has 0 amide bonds. The fourth-order valence-corrected chi connectivity index (χ4v) is 3.77. The van der Waals surface area contributed by atoms with Gasteiger partial charge in [-0.1, -0.05) is 0 Å². The van der Waals surface area contributed by atoms with Crippen molar-refractivity contribution in [3.05, 3.63) is 0 Å². The summed E-state index contributed by atoms with van der Waals surface area (Å²) in [7, 11) is 0. The summed E-state index contributed by atoms with van der Waals surface area (Å²) in [6, 6.07) is -0.622. The third-order valence-electron chi connectivity index (χ3n) is 5.27. The van der Waals surface area contributed by atoms with Crippen LogP contribution in [0.25, 0.3) is 0 Å². The minimum Gasteiger partial charge on any atom is -0.395 e. The lowest BCUT2D eigenvalue weighted by Crippen LogP contribution is -2.63. The maximum absolute atomic E-state index is 13.3. The van der Waals surface area contributed by atoms with Gasteiger partial charge >= 0.3 is 0 Å². The van der Waals surface area contributed by atoms with Crippen LogP contribution in [0.15, 0.2) is 0 Å². The van der Waals surface area contributed by atoms with Crippen LogP contribution in [0.4, 0.5) is 8.78 Å². The van der Waals surface area contributed by atoms with E-state index in [1.165, 1.54) is 0 Å². The molecular formula is C15H27F2NO4. The van der Waals surface area contributed by atoms with E-state index >= 15 is 0 Å². The van der Waals surface area contributed by atoms with Crippen LogP contribution in [0, 0.1) is 11.8 Å². The summed E-state index contributed by atoms with van der Waals surface area (Å²) in [5, 5.41) is 38.8. The number of likely N-dealkylation sites (tertiary alicyclic amines) is 1. The Morgan fingerprint density at radius 2 is 1.64 bits per heavy atom. The molecule has 1 saturated carbocycles. The van der Waals surface area contributed by atoms with Crippen LogP contribution in [0.5, 0.6) is 0 Å². The van der Waals surface area contributed by atoms with Crippen molar-refractivity contribution in [3.63, 3.8) is 0 Å². The maximum atomic E-state index is 13.3. The molecule has 2 rings (SSSR count). The monoisotopic (exact) mass is 323 g/mol. The van der Waals surface area contributed by atoms with Gasteiger partial charge in [0.05, 0.1) is 18.8 Å². The largest absolute Gasteiger partial charge is 0.395 e. The van der Waals surface area contributed by atoms with Crippen LogP contribution in [0.1, 0.15) is 32.6 Å². The molecule has 1 aliphatic heterocycles. The molecule has 1 heterocycles. The third-order valence-corrected chi connectivity index (χ3v) is 5.27. The first kappa shape index (κ1) is 18.0. The molecule has 1 saturated heterocycles. The van der Waals surface area contributed by atoms with Crippen molar-refractivity contribution in [3.8, 4) is 0 Å². The number of aliphatic hydroxyl groups excluding tert-OH is 4. The van der Waals surface area contributed by atoms with Crippen LogP contribution in [0.3, 0.4) is 0 Å². The molecule has 130 valence electrons. The predicted octanol–water partition coefficient (Wildman–Crippen LogP) is 0.207. The Hall–Kier alpha value is -0.340. The van der Waals surface area contributed by atoms with Gasteiger partial charge in [0.1, 0.15) is 12.2 Å². The molecule has 7 heteroatoms. The lowest BCUT2D eigenvalue weighted by molar-refractivity contribution is -0.148. The van der Waals surface area contributed by atoms with E-state index in [1.807, 2.05) is 0 Å². The predicted molar refractivity (Wildman–Crippen MR) is 76.5 cm³/mol. The van der Waals surface area contributed by atoms with E-state index in [-0.39, 0.29) is 19.1 Å². The molecule has 2 fully saturated rings. The van der Waals surface area contributed by atoms with Crippen molar-refractivity contribution < 1.29 is 29.2 Å². The van der Waals surface area contributed by atoms with Gasteiger partial charge in [-0.3, -0.25) is 4.90 Å². The zero-order valence-corrected chi connectivity index (χ0v) is 12.9. The fourth-order valence-electron chi connectivity index (χ4n) is 3.77. The van der Waals surface area contributed by atoms with Crippen LogP contribution in [0.2, 0.25) is 0 Å². The average molecular weight is 323 g/mol. The van der Waals surface area contributed by atoms with Gasteiger partial charge in [0.25, 0.3) is 0 Å². The van der Waals surface area contributed by atoms with E-state index < -0.39 is 36.2 Å². The normalized spacial score (nSPS) is 41.6. The molecule has 1 unspecified atom stereocenters. The number of rotatable bonds is 4. The first-order valence-electron chi connectivity index (χ1n) is 8.01. The van der Waals surface area contributed by atoms with Gasteiger partial charge in [0, 0.05) is 19.0 Å². The molecule has 0 radical (unpaired) electrons.